The van der Waals surface area contributed by atoms with Crippen LogP contribution in [-0.2, 0) is 34.1 Å². The quantitative estimate of drug-likeness (QED) is 0.0836. The SMILES string of the molecule is COC(=O)C(NC(=O)N1C(=O)C2(c3cc(C#CC4=CCCCC4)ccc31)C(C(=O)Nc1nc3ccccc3s1)C1C(=O)OC(c3ccccc3)C(c3ccccc3)N1C2c1cccc(OCCO)c1)C(C)C. The number of carbonyl (C=O) groups excluding carboxylic acids is 5. The molecular formula is C57H53N5O9S. The van der Waals surface area contributed by atoms with Gasteiger partial charge in [-0.05, 0) is 102 Å². The average Bonchev–Trinajstić information content (AvgIpc) is 4.05. The van der Waals surface area contributed by atoms with Crippen molar-refractivity contribution in [1.29, 1.82) is 0 Å². The van der Waals surface area contributed by atoms with E-state index in [0.717, 1.165) is 46.4 Å². The minimum atomic E-state index is -2.13. The van der Waals surface area contributed by atoms with Crippen molar-refractivity contribution in [2.75, 3.05) is 30.5 Å². The maximum atomic E-state index is 16.8. The maximum absolute atomic E-state index is 16.8. The van der Waals surface area contributed by atoms with Gasteiger partial charge in [0.25, 0.3) is 0 Å². The van der Waals surface area contributed by atoms with E-state index in [1.807, 2.05) is 95.9 Å². The lowest BCUT2D eigenvalue weighted by Crippen LogP contribution is -2.57. The first-order valence-electron chi connectivity index (χ1n) is 24.2. The number of morpholine rings is 1. The van der Waals surface area contributed by atoms with Gasteiger partial charge in [-0.2, -0.15) is 0 Å². The predicted molar refractivity (Wildman–Crippen MR) is 272 cm³/mol. The molecule has 1 aromatic heterocycles. The molecule has 15 heteroatoms. The molecule has 3 N–H and O–H groups in total. The normalized spacial score (nSPS) is 22.8. The minimum absolute atomic E-state index is 0.0424. The number of amides is 4. The highest BCUT2D eigenvalue weighted by Gasteiger charge is 2.76. The number of hydrogen-bond acceptors (Lipinski definition) is 12. The molecule has 6 aromatic rings. The summed E-state index contributed by atoms with van der Waals surface area (Å²) in [6.45, 7) is 3.17. The molecule has 2 fully saturated rings. The highest BCUT2D eigenvalue weighted by atomic mass is 32.1. The summed E-state index contributed by atoms with van der Waals surface area (Å²) in [5.74, 6) is 1.91. The largest absolute Gasteiger partial charge is 0.491 e. The number of rotatable bonds is 11. The number of aliphatic hydroxyl groups is 1. The number of aliphatic hydroxyl groups excluding tert-OH is 1. The fraction of sp³-hybridized carbons (Fsp3) is 0.298. The molecule has 0 saturated carbocycles. The van der Waals surface area contributed by atoms with Crippen LogP contribution in [0.25, 0.3) is 10.2 Å². The van der Waals surface area contributed by atoms with Crippen molar-refractivity contribution in [3.05, 3.63) is 167 Å². The summed E-state index contributed by atoms with van der Waals surface area (Å²) < 4.78 is 18.6. The number of aromatic nitrogens is 1. The monoisotopic (exact) mass is 983 g/mol. The first-order chi connectivity index (χ1) is 35.0. The Balaban J connectivity index is 1.28. The van der Waals surface area contributed by atoms with E-state index < -0.39 is 77.3 Å². The second-order valence-electron chi connectivity index (χ2n) is 18.7. The van der Waals surface area contributed by atoms with Crippen LogP contribution in [0.1, 0.15) is 85.5 Å². The van der Waals surface area contributed by atoms with E-state index in [1.165, 1.54) is 18.4 Å². The number of fused-ring (bicyclic) bond motifs is 4. The zero-order chi connectivity index (χ0) is 50.1. The summed E-state index contributed by atoms with van der Waals surface area (Å²) in [7, 11) is 1.22. The van der Waals surface area contributed by atoms with Crippen LogP contribution < -0.4 is 20.3 Å². The van der Waals surface area contributed by atoms with Gasteiger partial charge in [-0.25, -0.2) is 19.5 Å². The fourth-order valence-electron chi connectivity index (χ4n) is 11.0. The number of nitrogens with zero attached hydrogens (tertiary/aromatic N) is 3. The Kier molecular flexibility index (Phi) is 13.5. The molecule has 14 nitrogen and oxygen atoms in total. The molecule has 10 rings (SSSR count). The molecule has 366 valence electrons. The lowest BCUT2D eigenvalue weighted by atomic mass is 9.65. The molecule has 4 amide bonds. The maximum Gasteiger partial charge on any atom is 0.329 e. The summed E-state index contributed by atoms with van der Waals surface area (Å²) >= 11 is 1.24. The van der Waals surface area contributed by atoms with Gasteiger partial charge in [-0.1, -0.05) is 128 Å². The number of esters is 2. The van der Waals surface area contributed by atoms with Crippen LogP contribution in [0.4, 0.5) is 15.6 Å². The molecule has 3 aliphatic heterocycles. The fourth-order valence-corrected chi connectivity index (χ4v) is 11.8. The van der Waals surface area contributed by atoms with Crippen LogP contribution in [0.2, 0.25) is 0 Å². The van der Waals surface area contributed by atoms with Gasteiger partial charge in [0.15, 0.2) is 5.13 Å². The summed E-state index contributed by atoms with van der Waals surface area (Å²) in [5.41, 5.74) is 2.24. The summed E-state index contributed by atoms with van der Waals surface area (Å²) in [6, 6.07) is 32.7. The van der Waals surface area contributed by atoms with E-state index in [4.69, 9.17) is 19.2 Å². The molecule has 4 heterocycles. The lowest BCUT2D eigenvalue weighted by molar-refractivity contribution is -0.177. The van der Waals surface area contributed by atoms with Gasteiger partial charge in [-0.15, -0.1) is 0 Å². The third-order valence-corrected chi connectivity index (χ3v) is 15.0. The zero-order valence-electron chi connectivity index (χ0n) is 39.9. The van der Waals surface area contributed by atoms with Crippen LogP contribution in [0.15, 0.2) is 139 Å². The first kappa shape index (κ1) is 48.0. The van der Waals surface area contributed by atoms with E-state index in [0.29, 0.717) is 28.0 Å². The van der Waals surface area contributed by atoms with Crippen LogP contribution in [0.3, 0.4) is 0 Å². The van der Waals surface area contributed by atoms with Crippen molar-refractivity contribution in [3.63, 3.8) is 0 Å². The Labute approximate surface area is 421 Å². The number of cyclic esters (lactones) is 1. The predicted octanol–water partition coefficient (Wildman–Crippen LogP) is 8.73. The summed E-state index contributed by atoms with van der Waals surface area (Å²) in [6.07, 6.45) is 4.98. The molecule has 2 saturated heterocycles. The number of thiazole rings is 1. The third-order valence-electron chi connectivity index (χ3n) is 14.1. The number of urea groups is 1. The van der Waals surface area contributed by atoms with E-state index in [-0.39, 0.29) is 29.6 Å². The molecule has 7 unspecified atom stereocenters. The van der Waals surface area contributed by atoms with Gasteiger partial charge < -0.3 is 30.0 Å². The molecular weight excluding hydrogens is 931 g/mol. The summed E-state index contributed by atoms with van der Waals surface area (Å²) in [4.78, 5) is 84.6. The highest BCUT2D eigenvalue weighted by molar-refractivity contribution is 7.22. The van der Waals surface area contributed by atoms with Crippen molar-refractivity contribution in [2.24, 2.45) is 11.8 Å². The zero-order valence-corrected chi connectivity index (χ0v) is 40.8. The number of imide groups is 1. The minimum Gasteiger partial charge on any atom is -0.491 e. The Hall–Kier alpha value is -7.64. The van der Waals surface area contributed by atoms with Crippen LogP contribution in [0.5, 0.6) is 5.75 Å². The molecule has 0 radical (unpaired) electrons. The number of ether oxygens (including phenoxy) is 3. The Morgan fingerprint density at radius 2 is 1.61 bits per heavy atom. The molecule has 7 atom stereocenters. The van der Waals surface area contributed by atoms with Gasteiger partial charge in [0.2, 0.25) is 11.8 Å². The van der Waals surface area contributed by atoms with Crippen molar-refractivity contribution < 1.29 is 43.3 Å². The van der Waals surface area contributed by atoms with Gasteiger partial charge in [0.1, 0.15) is 36.0 Å². The standard InChI is InChI=1S/C57H53N5O9S/c1-34(2)46(52(65)69-3)59-56(68)61-43-29-28-36(27-26-35-16-7-4-8-17-35)32-41(43)57(54(61)67)45(51(64)60-55-58-42-24-13-14-25-44(42)72-55)48-53(66)71-49(38-20-11-6-12-21-38)47(37-18-9-5-10-19-37)62(48)50(57)39-22-15-23-40(33-39)70-31-30-63/h5-6,9-16,18-25,28-29,32-34,45-50,63H,4,7-8,17,30-31H2,1-3H3,(H,59,68)(H,58,60,64). The number of nitrogens with one attached hydrogen (secondary N) is 2. The molecule has 4 aliphatic rings. The number of benzene rings is 5. The topological polar surface area (TPSA) is 177 Å². The van der Waals surface area contributed by atoms with Crippen molar-refractivity contribution in [1.82, 2.24) is 15.2 Å². The van der Waals surface area contributed by atoms with Crippen LogP contribution in [0, 0.1) is 23.7 Å². The number of hydrogen-bond donors (Lipinski definition) is 3. The van der Waals surface area contributed by atoms with Gasteiger partial charge in [0, 0.05) is 5.56 Å². The number of anilines is 2. The van der Waals surface area contributed by atoms with Gasteiger partial charge >= 0.3 is 18.0 Å². The lowest BCUT2D eigenvalue weighted by Gasteiger charge is -2.46. The average molecular weight is 984 g/mol. The van der Waals surface area contributed by atoms with E-state index >= 15 is 19.2 Å². The second kappa shape index (κ2) is 20.2. The first-order valence-corrected chi connectivity index (χ1v) is 25.0. The van der Waals surface area contributed by atoms with Gasteiger partial charge in [-0.3, -0.25) is 19.3 Å². The Morgan fingerprint density at radius 1 is 0.875 bits per heavy atom. The molecule has 0 bridgehead atoms. The molecule has 5 aromatic carbocycles. The van der Waals surface area contributed by atoms with Gasteiger partial charge in [0.05, 0.1) is 47.6 Å². The van der Waals surface area contributed by atoms with E-state index in [1.54, 1.807) is 50.2 Å². The second-order valence-corrected chi connectivity index (χ2v) is 19.7. The molecule has 1 aliphatic carbocycles. The van der Waals surface area contributed by atoms with E-state index in [9.17, 15) is 9.90 Å². The number of allylic oxidation sites excluding steroid dienone is 2. The number of methoxy groups -OCH3 is 1. The van der Waals surface area contributed by atoms with Crippen molar-refractivity contribution >= 4 is 62.2 Å². The van der Waals surface area contributed by atoms with E-state index in [2.05, 4.69) is 28.6 Å². The summed E-state index contributed by atoms with van der Waals surface area (Å²) in [5, 5.41) is 15.9. The molecule has 1 spiro atoms. The number of carbonyl (C=O) groups is 5. The van der Waals surface area contributed by atoms with Crippen LogP contribution in [-0.4, -0.2) is 77.2 Å². The Bertz CT molecular complexity index is 3130. The molecule has 72 heavy (non-hydrogen) atoms. The van der Waals surface area contributed by atoms with Crippen molar-refractivity contribution in [2.45, 2.75) is 75.2 Å². The van der Waals surface area contributed by atoms with Crippen LogP contribution >= 0.6 is 11.3 Å². The van der Waals surface area contributed by atoms with Crippen molar-refractivity contribution in [3.8, 4) is 17.6 Å². The third kappa shape index (κ3) is 8.59. The smallest absolute Gasteiger partial charge is 0.329 e. The number of para-hydroxylation sites is 1. The Morgan fingerprint density at radius 3 is 2.32 bits per heavy atom. The highest BCUT2D eigenvalue weighted by Crippen LogP contribution is 2.66.